The normalized spacial score (nSPS) is 11.8. The molecule has 0 atom stereocenters. The average molecular weight is 236 g/mol. The molecule has 0 radical (unpaired) electrons. The second kappa shape index (κ2) is 4.35. The van der Waals surface area contributed by atoms with E-state index in [0.717, 1.165) is 11.8 Å². The molecule has 0 saturated heterocycles. The molecule has 1 aromatic carbocycles. The fourth-order valence-electron chi connectivity index (χ4n) is 1.31. The Bertz CT molecular complexity index is 337. The highest BCUT2D eigenvalue weighted by Gasteiger charge is 2.27. The van der Waals surface area contributed by atoms with Gasteiger partial charge in [0.05, 0.1) is 5.75 Å². The van der Waals surface area contributed by atoms with Crippen molar-refractivity contribution in [1.29, 1.82) is 0 Å². The van der Waals surface area contributed by atoms with Gasteiger partial charge in [0.15, 0.2) is 0 Å². The Labute approximate surface area is 90.3 Å². The first-order chi connectivity index (χ1) is 6.79. The molecule has 0 aliphatic heterocycles. The lowest BCUT2D eigenvalue weighted by Gasteiger charge is -2.11. The van der Waals surface area contributed by atoms with Crippen molar-refractivity contribution in [2.45, 2.75) is 24.9 Å². The van der Waals surface area contributed by atoms with Gasteiger partial charge in [0.1, 0.15) is 5.75 Å². The smallest absolute Gasteiger partial charge is 0.398 e. The Morgan fingerprint density at radius 1 is 1.20 bits per heavy atom. The van der Waals surface area contributed by atoms with E-state index in [4.69, 9.17) is 0 Å². The van der Waals surface area contributed by atoms with Crippen molar-refractivity contribution in [2.75, 3.05) is 5.75 Å². The van der Waals surface area contributed by atoms with Gasteiger partial charge < -0.3 is 5.11 Å². The summed E-state index contributed by atoms with van der Waals surface area (Å²) < 4.78 is 36.0. The summed E-state index contributed by atoms with van der Waals surface area (Å²) in [5.41, 5.74) is 1.34. The van der Waals surface area contributed by atoms with Crippen LogP contribution in [0.1, 0.15) is 11.1 Å². The van der Waals surface area contributed by atoms with Crippen LogP contribution in [0, 0.1) is 13.8 Å². The van der Waals surface area contributed by atoms with Gasteiger partial charge in [-0.25, -0.2) is 0 Å². The van der Waals surface area contributed by atoms with E-state index in [1.165, 1.54) is 12.1 Å². The molecule has 1 aromatic rings. The molecule has 0 unspecified atom stereocenters. The highest BCUT2D eigenvalue weighted by molar-refractivity contribution is 7.99. The Hall–Kier alpha value is -0.840. The third-order valence-corrected chi connectivity index (χ3v) is 3.23. The molecule has 1 N–H and O–H groups in total. The first kappa shape index (κ1) is 12.2. The van der Waals surface area contributed by atoms with Crippen LogP contribution in [0.25, 0.3) is 0 Å². The minimum Gasteiger partial charge on any atom is -0.508 e. The Balaban J connectivity index is 2.86. The zero-order valence-electron chi connectivity index (χ0n) is 8.35. The van der Waals surface area contributed by atoms with Crippen molar-refractivity contribution >= 4 is 11.8 Å². The Morgan fingerprint density at radius 2 is 1.67 bits per heavy atom. The van der Waals surface area contributed by atoms with Crippen LogP contribution in [0.2, 0.25) is 0 Å². The number of aromatic hydroxyl groups is 1. The predicted molar refractivity (Wildman–Crippen MR) is 54.4 cm³/mol. The zero-order chi connectivity index (χ0) is 11.6. The molecule has 1 rings (SSSR count). The maximum atomic E-state index is 12.0. The van der Waals surface area contributed by atoms with Crippen LogP contribution in [0.5, 0.6) is 5.75 Å². The van der Waals surface area contributed by atoms with Gasteiger partial charge in [-0.15, -0.1) is 11.8 Å². The standard InChI is InChI=1S/C10H11F3OS/c1-6-3-8(14)4-7(2)9(6)15-5-10(11,12)13/h3-4,14H,5H2,1-2H3. The number of alkyl halides is 3. The molecule has 1 nitrogen and oxygen atoms in total. The van der Waals surface area contributed by atoms with Crippen molar-refractivity contribution in [3.8, 4) is 5.75 Å². The Morgan fingerprint density at radius 3 is 2.07 bits per heavy atom. The molecule has 5 heteroatoms. The SMILES string of the molecule is Cc1cc(O)cc(C)c1SCC(F)(F)F. The van der Waals surface area contributed by atoms with Gasteiger partial charge in [-0.3, -0.25) is 0 Å². The summed E-state index contributed by atoms with van der Waals surface area (Å²) in [6.45, 7) is 3.37. The molecule has 0 aliphatic rings. The van der Waals surface area contributed by atoms with E-state index in [1.54, 1.807) is 13.8 Å². The van der Waals surface area contributed by atoms with Gasteiger partial charge in [0.2, 0.25) is 0 Å². The third-order valence-electron chi connectivity index (χ3n) is 1.83. The summed E-state index contributed by atoms with van der Waals surface area (Å²) in [6.07, 6.45) is -4.17. The summed E-state index contributed by atoms with van der Waals surface area (Å²) in [5, 5.41) is 9.21. The number of aryl methyl sites for hydroxylation is 2. The van der Waals surface area contributed by atoms with Crippen LogP contribution < -0.4 is 0 Å². The molecule has 0 aliphatic carbocycles. The first-order valence-corrected chi connectivity index (χ1v) is 5.28. The minimum absolute atomic E-state index is 0.0846. The lowest BCUT2D eigenvalue weighted by molar-refractivity contribution is -0.105. The van der Waals surface area contributed by atoms with Gasteiger partial charge in [-0.05, 0) is 37.1 Å². The van der Waals surface area contributed by atoms with Crippen molar-refractivity contribution < 1.29 is 18.3 Å². The van der Waals surface area contributed by atoms with Gasteiger partial charge in [0.25, 0.3) is 0 Å². The lowest BCUT2D eigenvalue weighted by Crippen LogP contribution is -2.10. The third kappa shape index (κ3) is 3.66. The number of halogens is 3. The number of phenols is 1. The molecular formula is C10H11F3OS. The molecule has 0 amide bonds. The highest BCUT2D eigenvalue weighted by Crippen LogP contribution is 2.33. The zero-order valence-corrected chi connectivity index (χ0v) is 9.17. The highest BCUT2D eigenvalue weighted by atomic mass is 32.2. The van der Waals surface area contributed by atoms with Gasteiger partial charge in [-0.1, -0.05) is 0 Å². The number of benzene rings is 1. The maximum Gasteiger partial charge on any atom is 0.398 e. The van der Waals surface area contributed by atoms with Crippen LogP contribution in [0.4, 0.5) is 13.2 Å². The number of phenolic OH excluding ortho intramolecular Hbond substituents is 1. The van der Waals surface area contributed by atoms with Gasteiger partial charge >= 0.3 is 6.18 Å². The molecule has 0 bridgehead atoms. The topological polar surface area (TPSA) is 20.2 Å². The monoisotopic (exact) mass is 236 g/mol. The Kier molecular flexibility index (Phi) is 3.54. The number of hydrogen-bond donors (Lipinski definition) is 1. The molecule has 0 fully saturated rings. The van der Waals surface area contributed by atoms with Gasteiger partial charge in [0, 0.05) is 4.90 Å². The van der Waals surface area contributed by atoms with Crippen molar-refractivity contribution in [3.05, 3.63) is 23.3 Å². The fourth-order valence-corrected chi connectivity index (χ4v) is 2.19. The van der Waals surface area contributed by atoms with Crippen LogP contribution in [-0.4, -0.2) is 17.0 Å². The summed E-state index contributed by atoms with van der Waals surface area (Å²) >= 11 is 0.753. The fraction of sp³-hybridized carbons (Fsp3) is 0.400. The molecule has 15 heavy (non-hydrogen) atoms. The lowest BCUT2D eigenvalue weighted by atomic mass is 10.1. The number of rotatable bonds is 2. The van der Waals surface area contributed by atoms with Crippen molar-refractivity contribution in [1.82, 2.24) is 0 Å². The quantitative estimate of drug-likeness (QED) is 0.791. The van der Waals surface area contributed by atoms with Gasteiger partial charge in [-0.2, -0.15) is 13.2 Å². The molecule has 0 heterocycles. The van der Waals surface area contributed by atoms with E-state index in [2.05, 4.69) is 0 Å². The average Bonchev–Trinajstić information content (AvgIpc) is 1.99. The molecule has 0 saturated carbocycles. The van der Waals surface area contributed by atoms with E-state index >= 15 is 0 Å². The van der Waals surface area contributed by atoms with E-state index in [0.29, 0.717) is 16.0 Å². The second-order valence-corrected chi connectivity index (χ2v) is 4.30. The minimum atomic E-state index is -4.17. The van der Waals surface area contributed by atoms with E-state index in [-0.39, 0.29) is 5.75 Å². The maximum absolute atomic E-state index is 12.0. The van der Waals surface area contributed by atoms with E-state index in [9.17, 15) is 18.3 Å². The predicted octanol–water partition coefficient (Wildman–Crippen LogP) is 3.66. The van der Waals surface area contributed by atoms with Crippen LogP contribution in [0.3, 0.4) is 0 Å². The second-order valence-electron chi connectivity index (χ2n) is 3.31. The van der Waals surface area contributed by atoms with Crippen molar-refractivity contribution in [2.24, 2.45) is 0 Å². The van der Waals surface area contributed by atoms with Crippen molar-refractivity contribution in [3.63, 3.8) is 0 Å². The number of thioether (sulfide) groups is 1. The first-order valence-electron chi connectivity index (χ1n) is 4.29. The molecule has 84 valence electrons. The van der Waals surface area contributed by atoms with E-state index in [1.807, 2.05) is 0 Å². The van der Waals surface area contributed by atoms with Crippen LogP contribution in [-0.2, 0) is 0 Å². The molecular weight excluding hydrogens is 225 g/mol. The van der Waals surface area contributed by atoms with E-state index < -0.39 is 11.9 Å². The number of hydrogen-bond acceptors (Lipinski definition) is 2. The largest absolute Gasteiger partial charge is 0.508 e. The van der Waals surface area contributed by atoms with Crippen LogP contribution >= 0.6 is 11.8 Å². The van der Waals surface area contributed by atoms with Crippen LogP contribution in [0.15, 0.2) is 17.0 Å². The summed E-state index contributed by atoms with van der Waals surface area (Å²) in [4.78, 5) is 0.588. The molecule has 0 aromatic heterocycles. The molecule has 0 spiro atoms. The summed E-state index contributed by atoms with van der Waals surface area (Å²) in [7, 11) is 0. The summed E-state index contributed by atoms with van der Waals surface area (Å²) in [6, 6.07) is 2.93. The summed E-state index contributed by atoms with van der Waals surface area (Å²) in [5.74, 6) is -0.819.